The Kier molecular flexibility index (Phi) is 6.54. The predicted molar refractivity (Wildman–Crippen MR) is 112 cm³/mol. The van der Waals surface area contributed by atoms with Gasteiger partial charge in [-0.05, 0) is 30.7 Å². The van der Waals surface area contributed by atoms with E-state index in [9.17, 15) is 4.79 Å². The predicted octanol–water partition coefficient (Wildman–Crippen LogP) is 3.53. The lowest BCUT2D eigenvalue weighted by atomic mass is 10.2. The number of likely N-dealkylation sites (N-methyl/N-ethyl adjacent to an activating group) is 1. The van der Waals surface area contributed by atoms with Gasteiger partial charge in [-0.3, -0.25) is 9.36 Å². The number of aromatic nitrogens is 2. The molecule has 5 nitrogen and oxygen atoms in total. The van der Waals surface area contributed by atoms with E-state index in [4.69, 9.17) is 0 Å². The molecule has 140 valence electrons. The van der Waals surface area contributed by atoms with Crippen molar-refractivity contribution < 1.29 is 4.79 Å². The van der Waals surface area contributed by atoms with E-state index in [1.54, 1.807) is 6.20 Å². The molecule has 0 aliphatic rings. The molecule has 0 aliphatic heterocycles. The Balaban J connectivity index is 1.48. The highest BCUT2D eigenvalue weighted by molar-refractivity contribution is 7.99. The third-order valence-corrected chi connectivity index (χ3v) is 5.25. The first-order chi connectivity index (χ1) is 13.1. The van der Waals surface area contributed by atoms with Crippen LogP contribution in [0, 0.1) is 6.92 Å². The van der Waals surface area contributed by atoms with Gasteiger partial charge in [0.15, 0.2) is 5.16 Å². The molecule has 0 aliphatic carbocycles. The number of carbonyl (C=O) groups excluding carboxylic acids is 1. The molecule has 1 amide bonds. The van der Waals surface area contributed by atoms with Crippen LogP contribution in [-0.4, -0.2) is 41.3 Å². The highest BCUT2D eigenvalue weighted by Crippen LogP contribution is 2.22. The minimum absolute atomic E-state index is 0.0146. The van der Waals surface area contributed by atoms with Gasteiger partial charge in [0.2, 0.25) is 5.91 Å². The van der Waals surface area contributed by atoms with E-state index in [-0.39, 0.29) is 5.91 Å². The first kappa shape index (κ1) is 19.0. The van der Waals surface area contributed by atoms with Gasteiger partial charge in [0, 0.05) is 38.2 Å². The Morgan fingerprint density at radius 3 is 2.67 bits per heavy atom. The van der Waals surface area contributed by atoms with Crippen molar-refractivity contribution >= 4 is 23.4 Å². The zero-order valence-corrected chi connectivity index (χ0v) is 16.4. The molecule has 0 fully saturated rings. The van der Waals surface area contributed by atoms with Gasteiger partial charge in [0.05, 0.1) is 11.4 Å². The van der Waals surface area contributed by atoms with Crippen molar-refractivity contribution in [2.24, 2.45) is 0 Å². The second-order valence-electron chi connectivity index (χ2n) is 6.26. The molecule has 6 heteroatoms. The number of amides is 1. The first-order valence-corrected chi connectivity index (χ1v) is 9.89. The molecule has 0 atom stereocenters. The molecule has 0 unspecified atom stereocenters. The molecule has 1 N–H and O–H groups in total. The Morgan fingerprint density at radius 2 is 1.89 bits per heavy atom. The van der Waals surface area contributed by atoms with E-state index in [0.717, 1.165) is 23.1 Å². The summed E-state index contributed by atoms with van der Waals surface area (Å²) in [6, 6.07) is 18.3. The van der Waals surface area contributed by atoms with Crippen molar-refractivity contribution in [1.82, 2.24) is 14.9 Å². The van der Waals surface area contributed by atoms with Crippen molar-refractivity contribution in [3.63, 3.8) is 0 Å². The lowest BCUT2D eigenvalue weighted by Crippen LogP contribution is -2.33. The molecule has 0 saturated carbocycles. The fraction of sp³-hybridized carbons (Fsp3) is 0.238. The fourth-order valence-electron chi connectivity index (χ4n) is 2.77. The van der Waals surface area contributed by atoms with Crippen molar-refractivity contribution in [1.29, 1.82) is 0 Å². The smallest absolute Gasteiger partial charge is 0.230 e. The number of carbonyl (C=O) groups is 1. The minimum Gasteiger partial charge on any atom is -0.373 e. The third kappa shape index (κ3) is 5.14. The van der Waals surface area contributed by atoms with Crippen LogP contribution in [0.4, 0.5) is 5.69 Å². The van der Waals surface area contributed by atoms with Crippen LogP contribution < -0.4 is 10.2 Å². The number of hydrogen-bond acceptors (Lipinski definition) is 4. The quantitative estimate of drug-likeness (QED) is 0.608. The van der Waals surface area contributed by atoms with E-state index < -0.39 is 0 Å². The SMILES string of the molecule is Cc1ccccc1-n1ccnc1SCC(=O)NCCN(C)c1ccccc1. The van der Waals surface area contributed by atoms with Gasteiger partial charge < -0.3 is 10.2 Å². The number of imidazole rings is 1. The molecular formula is C21H24N4OS. The Morgan fingerprint density at radius 1 is 1.15 bits per heavy atom. The average Bonchev–Trinajstić information content (AvgIpc) is 3.15. The van der Waals surface area contributed by atoms with Gasteiger partial charge in [-0.15, -0.1) is 0 Å². The zero-order chi connectivity index (χ0) is 19.1. The standard InChI is InChI=1S/C21H24N4OS/c1-17-8-6-7-11-19(17)25-15-13-23-21(25)27-16-20(26)22-12-14-24(2)18-9-4-3-5-10-18/h3-11,13,15H,12,14,16H2,1-2H3,(H,22,26). The summed E-state index contributed by atoms with van der Waals surface area (Å²) in [6.07, 6.45) is 3.69. The van der Waals surface area contributed by atoms with Crippen LogP contribution in [-0.2, 0) is 4.79 Å². The molecule has 0 spiro atoms. The lowest BCUT2D eigenvalue weighted by molar-refractivity contribution is -0.118. The number of hydrogen-bond donors (Lipinski definition) is 1. The van der Waals surface area contributed by atoms with Crippen LogP contribution in [0.25, 0.3) is 5.69 Å². The summed E-state index contributed by atoms with van der Waals surface area (Å²) >= 11 is 1.45. The van der Waals surface area contributed by atoms with Gasteiger partial charge >= 0.3 is 0 Å². The number of nitrogens with zero attached hydrogens (tertiary/aromatic N) is 3. The van der Waals surface area contributed by atoms with Crippen LogP contribution >= 0.6 is 11.8 Å². The molecule has 3 rings (SSSR count). The number of thioether (sulfide) groups is 1. The van der Waals surface area contributed by atoms with E-state index in [1.807, 2.05) is 48.1 Å². The maximum Gasteiger partial charge on any atom is 0.230 e. The molecule has 27 heavy (non-hydrogen) atoms. The van der Waals surface area contributed by atoms with Crippen molar-refractivity contribution in [2.45, 2.75) is 12.1 Å². The lowest BCUT2D eigenvalue weighted by Gasteiger charge is -2.19. The summed E-state index contributed by atoms with van der Waals surface area (Å²) in [4.78, 5) is 18.7. The normalized spacial score (nSPS) is 10.6. The van der Waals surface area contributed by atoms with Gasteiger partial charge in [0.25, 0.3) is 0 Å². The Labute approximate surface area is 164 Å². The van der Waals surface area contributed by atoms with Crippen molar-refractivity contribution in [3.05, 3.63) is 72.6 Å². The van der Waals surface area contributed by atoms with E-state index in [1.165, 1.54) is 17.3 Å². The topological polar surface area (TPSA) is 50.2 Å². The summed E-state index contributed by atoms with van der Waals surface area (Å²) in [6.45, 7) is 3.44. The third-order valence-electron chi connectivity index (χ3n) is 4.28. The highest BCUT2D eigenvalue weighted by Gasteiger charge is 2.10. The molecule has 0 bridgehead atoms. The summed E-state index contributed by atoms with van der Waals surface area (Å²) in [7, 11) is 2.02. The van der Waals surface area contributed by atoms with Gasteiger partial charge in [-0.1, -0.05) is 48.2 Å². The second kappa shape index (κ2) is 9.28. The van der Waals surface area contributed by atoms with Crippen molar-refractivity contribution in [3.8, 4) is 5.69 Å². The maximum absolute atomic E-state index is 12.2. The minimum atomic E-state index is 0.0146. The average molecular weight is 381 g/mol. The monoisotopic (exact) mass is 380 g/mol. The zero-order valence-electron chi connectivity index (χ0n) is 15.6. The molecule has 2 aromatic carbocycles. The summed E-state index contributed by atoms with van der Waals surface area (Å²) in [5.41, 5.74) is 3.40. The number of nitrogens with one attached hydrogen (secondary N) is 1. The van der Waals surface area contributed by atoms with Crippen LogP contribution in [0.3, 0.4) is 0 Å². The van der Waals surface area contributed by atoms with Gasteiger partial charge in [-0.2, -0.15) is 0 Å². The highest BCUT2D eigenvalue weighted by atomic mass is 32.2. The second-order valence-corrected chi connectivity index (χ2v) is 7.20. The molecule has 0 saturated heterocycles. The summed E-state index contributed by atoms with van der Waals surface area (Å²) in [5.74, 6) is 0.360. The largest absolute Gasteiger partial charge is 0.373 e. The molecule has 1 heterocycles. The Hall–Kier alpha value is -2.73. The molecular weight excluding hydrogens is 356 g/mol. The van der Waals surface area contributed by atoms with Crippen LogP contribution in [0.2, 0.25) is 0 Å². The van der Waals surface area contributed by atoms with E-state index in [0.29, 0.717) is 12.3 Å². The summed E-state index contributed by atoms with van der Waals surface area (Å²) in [5, 5.41) is 3.80. The van der Waals surface area contributed by atoms with Gasteiger partial charge in [-0.25, -0.2) is 4.98 Å². The molecule has 3 aromatic rings. The number of benzene rings is 2. The number of aryl methyl sites for hydroxylation is 1. The van der Waals surface area contributed by atoms with E-state index >= 15 is 0 Å². The maximum atomic E-state index is 12.2. The first-order valence-electron chi connectivity index (χ1n) is 8.90. The van der Waals surface area contributed by atoms with Crippen LogP contribution in [0.15, 0.2) is 72.1 Å². The van der Waals surface area contributed by atoms with E-state index in [2.05, 4.69) is 46.4 Å². The molecule has 0 radical (unpaired) electrons. The number of anilines is 1. The number of para-hydroxylation sites is 2. The number of rotatable bonds is 8. The Bertz CT molecular complexity index is 879. The van der Waals surface area contributed by atoms with Crippen LogP contribution in [0.1, 0.15) is 5.56 Å². The van der Waals surface area contributed by atoms with Crippen molar-refractivity contribution in [2.75, 3.05) is 30.8 Å². The van der Waals surface area contributed by atoms with Gasteiger partial charge in [0.1, 0.15) is 0 Å². The fourth-order valence-corrected chi connectivity index (χ4v) is 3.57. The summed E-state index contributed by atoms with van der Waals surface area (Å²) < 4.78 is 2.02. The molecule has 1 aromatic heterocycles. The van der Waals surface area contributed by atoms with Crippen LogP contribution in [0.5, 0.6) is 0 Å².